The molecule has 0 spiro atoms. The van der Waals surface area contributed by atoms with Gasteiger partial charge in [0.15, 0.2) is 6.17 Å². The van der Waals surface area contributed by atoms with Gasteiger partial charge in [-0.2, -0.15) is 15.5 Å². The number of Topliss-reactive ketones (excluding diaryl/α,β-unsaturated/α-hetero) is 1. The van der Waals surface area contributed by atoms with Crippen LogP contribution >= 0.6 is 0 Å². The number of ketones is 1. The summed E-state index contributed by atoms with van der Waals surface area (Å²) in [4.78, 5) is 11.8. The lowest BCUT2D eigenvalue weighted by Crippen LogP contribution is -2.33. The van der Waals surface area contributed by atoms with E-state index in [1.54, 1.807) is 13.8 Å². The minimum atomic E-state index is -0.594. The highest BCUT2D eigenvalue weighted by Crippen LogP contribution is 2.36. The number of nitrogens with zero attached hydrogens (tertiary/aromatic N) is 3. The number of carbonyl (C=O) groups excluding carboxylic acids is 1. The standard InChI is InChI=1S/C10H15N3O/c1-9(2,6-11)5-7(14)10(3,4)8-12-13-8/h8H,5H2,1-4H3. The average molecular weight is 193 g/mol. The predicted octanol–water partition coefficient (Wildman–Crippen LogP) is 2.31. The van der Waals surface area contributed by atoms with Crippen LogP contribution in [0.4, 0.5) is 0 Å². The van der Waals surface area contributed by atoms with Gasteiger partial charge in [-0.1, -0.05) is 0 Å². The van der Waals surface area contributed by atoms with E-state index in [2.05, 4.69) is 16.3 Å². The number of hydrogen-bond acceptors (Lipinski definition) is 4. The molecule has 0 aromatic heterocycles. The van der Waals surface area contributed by atoms with E-state index in [1.165, 1.54) is 0 Å². The Kier molecular flexibility index (Phi) is 2.45. The summed E-state index contributed by atoms with van der Waals surface area (Å²) < 4.78 is 0. The minimum Gasteiger partial charge on any atom is -0.299 e. The summed E-state index contributed by atoms with van der Waals surface area (Å²) in [5.41, 5.74) is -1.14. The average Bonchev–Trinajstić information content (AvgIpc) is 2.85. The lowest BCUT2D eigenvalue weighted by Gasteiger charge is -2.23. The zero-order valence-corrected chi connectivity index (χ0v) is 9.03. The smallest absolute Gasteiger partial charge is 0.192 e. The van der Waals surface area contributed by atoms with Crippen molar-refractivity contribution in [2.24, 2.45) is 21.1 Å². The Morgan fingerprint density at radius 3 is 2.21 bits per heavy atom. The first kappa shape index (κ1) is 10.8. The highest BCUT2D eigenvalue weighted by Gasteiger charge is 2.43. The molecule has 0 amide bonds. The Morgan fingerprint density at radius 2 is 1.86 bits per heavy atom. The van der Waals surface area contributed by atoms with Crippen LogP contribution < -0.4 is 0 Å². The van der Waals surface area contributed by atoms with Crippen LogP contribution in [-0.2, 0) is 4.79 Å². The number of nitriles is 1. The summed E-state index contributed by atoms with van der Waals surface area (Å²) in [6.45, 7) is 7.19. The largest absolute Gasteiger partial charge is 0.299 e. The normalized spacial score (nSPS) is 16.5. The Hall–Kier alpha value is -1.24. The van der Waals surface area contributed by atoms with Gasteiger partial charge < -0.3 is 0 Å². The molecular formula is C10H15N3O. The van der Waals surface area contributed by atoms with Crippen molar-refractivity contribution >= 4 is 5.78 Å². The molecule has 1 heterocycles. The molecule has 76 valence electrons. The third kappa shape index (κ3) is 2.16. The van der Waals surface area contributed by atoms with Gasteiger partial charge in [-0.15, -0.1) is 0 Å². The maximum Gasteiger partial charge on any atom is 0.192 e. The van der Waals surface area contributed by atoms with Crippen LogP contribution in [0.3, 0.4) is 0 Å². The minimum absolute atomic E-state index is 0.0547. The third-order valence-electron chi connectivity index (χ3n) is 2.50. The Balaban J connectivity index is 2.63. The summed E-state index contributed by atoms with van der Waals surface area (Å²) in [5.74, 6) is 0.0547. The van der Waals surface area contributed by atoms with Gasteiger partial charge in [-0.3, -0.25) is 4.79 Å². The highest BCUT2D eigenvalue weighted by molar-refractivity contribution is 5.85. The molecule has 0 N–H and O–H groups in total. The second kappa shape index (κ2) is 3.16. The van der Waals surface area contributed by atoms with E-state index >= 15 is 0 Å². The first-order valence-corrected chi connectivity index (χ1v) is 4.64. The van der Waals surface area contributed by atoms with Crippen LogP contribution in [0.2, 0.25) is 0 Å². The van der Waals surface area contributed by atoms with Gasteiger partial charge in [-0.25, -0.2) is 0 Å². The molecule has 0 saturated carbocycles. The zero-order chi connectivity index (χ0) is 11.0. The third-order valence-corrected chi connectivity index (χ3v) is 2.50. The molecule has 0 aromatic carbocycles. The molecular weight excluding hydrogens is 178 g/mol. The van der Waals surface area contributed by atoms with E-state index < -0.39 is 10.8 Å². The Bertz CT molecular complexity index is 317. The molecule has 14 heavy (non-hydrogen) atoms. The molecule has 0 unspecified atom stereocenters. The molecule has 1 rings (SSSR count). The van der Waals surface area contributed by atoms with Crippen LogP contribution in [0.25, 0.3) is 0 Å². The molecule has 1 aliphatic rings. The van der Waals surface area contributed by atoms with Crippen molar-refractivity contribution in [3.05, 3.63) is 0 Å². The topological polar surface area (TPSA) is 65.6 Å². The molecule has 0 saturated heterocycles. The highest BCUT2D eigenvalue weighted by atomic mass is 16.1. The number of carbonyl (C=O) groups is 1. The van der Waals surface area contributed by atoms with E-state index in [4.69, 9.17) is 5.26 Å². The first-order chi connectivity index (χ1) is 6.29. The van der Waals surface area contributed by atoms with Crippen LogP contribution in [0.15, 0.2) is 10.2 Å². The van der Waals surface area contributed by atoms with Crippen LogP contribution in [0, 0.1) is 22.2 Å². The van der Waals surface area contributed by atoms with Crippen molar-refractivity contribution in [2.75, 3.05) is 0 Å². The van der Waals surface area contributed by atoms with Crippen molar-refractivity contribution in [1.29, 1.82) is 5.26 Å². The summed E-state index contributed by atoms with van der Waals surface area (Å²) >= 11 is 0. The summed E-state index contributed by atoms with van der Waals surface area (Å²) in [6, 6.07) is 2.12. The second-order valence-electron chi connectivity index (χ2n) is 4.92. The molecule has 4 heteroatoms. The van der Waals surface area contributed by atoms with Crippen molar-refractivity contribution in [1.82, 2.24) is 0 Å². The van der Waals surface area contributed by atoms with Crippen LogP contribution in [0.5, 0.6) is 0 Å². The molecule has 0 radical (unpaired) electrons. The fourth-order valence-electron chi connectivity index (χ4n) is 1.13. The van der Waals surface area contributed by atoms with Gasteiger partial charge in [0.1, 0.15) is 5.78 Å². The molecule has 0 bridgehead atoms. The monoisotopic (exact) mass is 193 g/mol. The number of hydrogen-bond donors (Lipinski definition) is 0. The maximum atomic E-state index is 11.8. The number of rotatable bonds is 4. The lowest BCUT2D eigenvalue weighted by atomic mass is 9.77. The SMILES string of the molecule is CC(C)(C#N)CC(=O)C(C)(C)C1N=N1. The Morgan fingerprint density at radius 1 is 1.36 bits per heavy atom. The molecule has 0 aliphatic carbocycles. The van der Waals surface area contributed by atoms with E-state index in [0.717, 1.165) is 0 Å². The van der Waals surface area contributed by atoms with E-state index in [9.17, 15) is 4.79 Å². The van der Waals surface area contributed by atoms with Crippen LogP contribution in [0.1, 0.15) is 34.1 Å². The summed E-state index contributed by atoms with van der Waals surface area (Å²) in [7, 11) is 0. The molecule has 1 aliphatic heterocycles. The van der Waals surface area contributed by atoms with Crippen molar-refractivity contribution in [3.8, 4) is 6.07 Å². The quantitative estimate of drug-likeness (QED) is 0.687. The fraction of sp³-hybridized carbons (Fsp3) is 0.800. The van der Waals surface area contributed by atoms with Crippen molar-refractivity contribution < 1.29 is 4.79 Å². The maximum absolute atomic E-state index is 11.8. The van der Waals surface area contributed by atoms with E-state index in [-0.39, 0.29) is 18.4 Å². The first-order valence-electron chi connectivity index (χ1n) is 4.64. The van der Waals surface area contributed by atoms with Gasteiger partial charge >= 0.3 is 0 Å². The van der Waals surface area contributed by atoms with Crippen molar-refractivity contribution in [2.45, 2.75) is 40.3 Å². The Labute approximate surface area is 84.0 Å². The fourth-order valence-corrected chi connectivity index (χ4v) is 1.13. The predicted molar refractivity (Wildman–Crippen MR) is 51.4 cm³/mol. The van der Waals surface area contributed by atoms with E-state index in [1.807, 2.05) is 13.8 Å². The van der Waals surface area contributed by atoms with E-state index in [0.29, 0.717) is 0 Å². The van der Waals surface area contributed by atoms with Gasteiger partial charge in [0.2, 0.25) is 0 Å². The van der Waals surface area contributed by atoms with Gasteiger partial charge in [-0.05, 0) is 27.7 Å². The van der Waals surface area contributed by atoms with Gasteiger partial charge in [0.25, 0.3) is 0 Å². The zero-order valence-electron chi connectivity index (χ0n) is 9.03. The molecule has 0 fully saturated rings. The summed E-state index contributed by atoms with van der Waals surface area (Å²) in [5, 5.41) is 16.4. The molecule has 0 atom stereocenters. The summed E-state index contributed by atoms with van der Waals surface area (Å²) in [6.07, 6.45) is 0.0717. The second-order valence-corrected chi connectivity index (χ2v) is 4.92. The lowest BCUT2D eigenvalue weighted by molar-refractivity contribution is -0.128. The van der Waals surface area contributed by atoms with Crippen LogP contribution in [-0.4, -0.2) is 11.9 Å². The van der Waals surface area contributed by atoms with Gasteiger partial charge in [0.05, 0.1) is 16.9 Å². The van der Waals surface area contributed by atoms with Gasteiger partial charge in [0, 0.05) is 6.42 Å². The molecule has 0 aromatic rings. The van der Waals surface area contributed by atoms with Crippen molar-refractivity contribution in [3.63, 3.8) is 0 Å². The molecule has 4 nitrogen and oxygen atoms in total.